The van der Waals surface area contributed by atoms with Gasteiger partial charge < -0.3 is 4.98 Å². The van der Waals surface area contributed by atoms with E-state index < -0.39 is 0 Å². The number of hydrogen-bond acceptors (Lipinski definition) is 2. The van der Waals surface area contributed by atoms with E-state index >= 15 is 0 Å². The van der Waals surface area contributed by atoms with Gasteiger partial charge in [-0.1, -0.05) is 6.07 Å². The SMILES string of the molecule is S=c1[nH]c2ccc3c(c2s1)CCCC3. The van der Waals surface area contributed by atoms with Gasteiger partial charge in [-0.2, -0.15) is 0 Å². The molecule has 2 aromatic rings. The summed E-state index contributed by atoms with van der Waals surface area (Å²) >= 11 is 6.91. The predicted octanol–water partition coefficient (Wildman–Crippen LogP) is 3.84. The van der Waals surface area contributed by atoms with Crippen molar-refractivity contribution in [3.63, 3.8) is 0 Å². The van der Waals surface area contributed by atoms with Gasteiger partial charge in [0.1, 0.15) is 0 Å². The van der Waals surface area contributed by atoms with Crippen molar-refractivity contribution in [1.29, 1.82) is 0 Å². The Kier molecular flexibility index (Phi) is 1.96. The maximum absolute atomic E-state index is 5.18. The minimum atomic E-state index is 0.902. The van der Waals surface area contributed by atoms with Gasteiger partial charge >= 0.3 is 0 Å². The van der Waals surface area contributed by atoms with E-state index in [1.165, 1.54) is 41.5 Å². The zero-order chi connectivity index (χ0) is 9.54. The molecule has 14 heavy (non-hydrogen) atoms. The van der Waals surface area contributed by atoms with E-state index in [4.69, 9.17) is 12.2 Å². The van der Waals surface area contributed by atoms with Crippen LogP contribution in [0.15, 0.2) is 12.1 Å². The van der Waals surface area contributed by atoms with Gasteiger partial charge in [-0.25, -0.2) is 0 Å². The van der Waals surface area contributed by atoms with Gasteiger partial charge in [0, 0.05) is 0 Å². The molecule has 3 rings (SSSR count). The largest absolute Gasteiger partial charge is 0.337 e. The van der Waals surface area contributed by atoms with Crippen molar-refractivity contribution in [3.05, 3.63) is 27.2 Å². The Morgan fingerprint density at radius 3 is 3.00 bits per heavy atom. The molecule has 72 valence electrons. The molecule has 0 saturated heterocycles. The third kappa shape index (κ3) is 1.23. The van der Waals surface area contributed by atoms with Crippen molar-refractivity contribution in [1.82, 2.24) is 4.98 Å². The van der Waals surface area contributed by atoms with Crippen LogP contribution in [0.5, 0.6) is 0 Å². The summed E-state index contributed by atoms with van der Waals surface area (Å²) in [5.41, 5.74) is 4.31. The zero-order valence-electron chi connectivity index (χ0n) is 7.80. The highest BCUT2D eigenvalue weighted by atomic mass is 32.1. The van der Waals surface area contributed by atoms with Gasteiger partial charge in [0.25, 0.3) is 0 Å². The van der Waals surface area contributed by atoms with Crippen LogP contribution in [0.3, 0.4) is 0 Å². The summed E-state index contributed by atoms with van der Waals surface area (Å²) in [6.45, 7) is 0. The van der Waals surface area contributed by atoms with Gasteiger partial charge in [0.05, 0.1) is 10.2 Å². The first kappa shape index (κ1) is 8.62. The molecule has 0 unspecified atom stereocenters. The van der Waals surface area contributed by atoms with Crippen LogP contribution in [-0.2, 0) is 12.8 Å². The average Bonchev–Trinajstić information content (AvgIpc) is 2.59. The summed E-state index contributed by atoms with van der Waals surface area (Å²) < 4.78 is 2.30. The molecule has 0 saturated carbocycles. The molecule has 1 aromatic heterocycles. The summed E-state index contributed by atoms with van der Waals surface area (Å²) in [5, 5.41) is 0. The normalized spacial score (nSPS) is 15.7. The Balaban J connectivity index is 2.39. The second kappa shape index (κ2) is 3.17. The molecule has 1 aromatic carbocycles. The van der Waals surface area contributed by atoms with Crippen LogP contribution in [-0.4, -0.2) is 4.98 Å². The Morgan fingerprint density at radius 1 is 1.21 bits per heavy atom. The summed E-state index contributed by atoms with van der Waals surface area (Å²) in [5.74, 6) is 0. The molecule has 0 aliphatic heterocycles. The lowest BCUT2D eigenvalue weighted by Gasteiger charge is -2.15. The maximum atomic E-state index is 5.18. The number of benzene rings is 1. The van der Waals surface area contributed by atoms with Gasteiger partial charge in [-0.15, -0.1) is 11.3 Å². The third-order valence-electron chi connectivity index (χ3n) is 2.91. The number of fused-ring (bicyclic) bond motifs is 3. The lowest BCUT2D eigenvalue weighted by molar-refractivity contribution is 0.690. The van der Waals surface area contributed by atoms with E-state index in [9.17, 15) is 0 Å². The first-order valence-corrected chi connectivity index (χ1v) is 6.20. The monoisotopic (exact) mass is 221 g/mol. The van der Waals surface area contributed by atoms with E-state index in [-0.39, 0.29) is 0 Å². The smallest absolute Gasteiger partial charge is 0.159 e. The fraction of sp³-hybridized carbons (Fsp3) is 0.364. The van der Waals surface area contributed by atoms with Crippen LogP contribution in [0.2, 0.25) is 0 Å². The minimum Gasteiger partial charge on any atom is -0.337 e. The molecule has 1 N–H and O–H groups in total. The molecule has 0 bridgehead atoms. The van der Waals surface area contributed by atoms with Crippen molar-refractivity contribution < 1.29 is 0 Å². The van der Waals surface area contributed by atoms with E-state index in [1.54, 1.807) is 16.9 Å². The topological polar surface area (TPSA) is 15.8 Å². The molecular weight excluding hydrogens is 210 g/mol. The van der Waals surface area contributed by atoms with Crippen LogP contribution in [0.25, 0.3) is 10.2 Å². The van der Waals surface area contributed by atoms with Crippen LogP contribution in [0, 0.1) is 3.95 Å². The van der Waals surface area contributed by atoms with Crippen LogP contribution in [0.4, 0.5) is 0 Å². The first-order chi connectivity index (χ1) is 6.84. The lowest BCUT2D eigenvalue weighted by atomic mass is 9.91. The van der Waals surface area contributed by atoms with E-state index in [0.717, 1.165) is 3.95 Å². The predicted molar refractivity (Wildman–Crippen MR) is 63.7 cm³/mol. The fourth-order valence-electron chi connectivity index (χ4n) is 2.24. The number of thiazole rings is 1. The summed E-state index contributed by atoms with van der Waals surface area (Å²) in [4.78, 5) is 3.24. The van der Waals surface area contributed by atoms with Crippen molar-refractivity contribution in [2.24, 2.45) is 0 Å². The second-order valence-electron chi connectivity index (χ2n) is 3.80. The van der Waals surface area contributed by atoms with Crippen molar-refractivity contribution in [2.45, 2.75) is 25.7 Å². The Hall–Kier alpha value is -0.670. The molecule has 1 heterocycles. The molecule has 1 aliphatic rings. The van der Waals surface area contributed by atoms with Crippen molar-refractivity contribution >= 4 is 33.8 Å². The minimum absolute atomic E-state index is 0.902. The molecule has 0 atom stereocenters. The second-order valence-corrected chi connectivity index (χ2v) is 5.49. The molecule has 0 spiro atoms. The maximum Gasteiger partial charge on any atom is 0.159 e. The number of aromatic amines is 1. The number of H-pyrrole nitrogens is 1. The number of nitrogens with one attached hydrogen (secondary N) is 1. The zero-order valence-corrected chi connectivity index (χ0v) is 9.43. The highest BCUT2D eigenvalue weighted by Gasteiger charge is 2.13. The fourth-order valence-corrected chi connectivity index (χ4v) is 3.53. The number of aromatic nitrogens is 1. The molecule has 0 radical (unpaired) electrons. The summed E-state index contributed by atoms with van der Waals surface area (Å²) in [6, 6.07) is 4.43. The molecule has 0 fully saturated rings. The average molecular weight is 221 g/mol. The van der Waals surface area contributed by atoms with E-state index in [2.05, 4.69) is 17.1 Å². The van der Waals surface area contributed by atoms with Gasteiger partial charge in [0.15, 0.2) is 3.95 Å². The van der Waals surface area contributed by atoms with Gasteiger partial charge in [0.2, 0.25) is 0 Å². The highest BCUT2D eigenvalue weighted by molar-refractivity contribution is 7.73. The summed E-state index contributed by atoms with van der Waals surface area (Å²) in [7, 11) is 0. The highest BCUT2D eigenvalue weighted by Crippen LogP contribution is 2.31. The Morgan fingerprint density at radius 2 is 2.07 bits per heavy atom. The number of aryl methyl sites for hydroxylation is 2. The first-order valence-electron chi connectivity index (χ1n) is 4.98. The molecule has 0 amide bonds. The molecule has 1 nitrogen and oxygen atoms in total. The van der Waals surface area contributed by atoms with E-state index in [0.29, 0.717) is 0 Å². The number of rotatable bonds is 0. The van der Waals surface area contributed by atoms with Crippen molar-refractivity contribution in [2.75, 3.05) is 0 Å². The lowest BCUT2D eigenvalue weighted by Crippen LogP contribution is -2.01. The van der Waals surface area contributed by atoms with E-state index in [1.807, 2.05) is 0 Å². The summed E-state index contributed by atoms with van der Waals surface area (Å²) in [6.07, 6.45) is 5.15. The standard InChI is InChI=1S/C11H11NS2/c13-11-12-9-6-5-7-3-1-2-4-8(7)10(9)14-11/h5-6H,1-4H2,(H,12,13). The Bertz CT molecular complexity index is 536. The van der Waals surface area contributed by atoms with Gasteiger partial charge in [-0.05, 0) is 55.1 Å². The molecule has 3 heteroatoms. The quantitative estimate of drug-likeness (QED) is 0.668. The van der Waals surface area contributed by atoms with Crippen LogP contribution >= 0.6 is 23.6 Å². The molecular formula is C11H11NS2. The van der Waals surface area contributed by atoms with Crippen molar-refractivity contribution in [3.8, 4) is 0 Å². The van der Waals surface area contributed by atoms with Crippen LogP contribution < -0.4 is 0 Å². The van der Waals surface area contributed by atoms with Crippen LogP contribution in [0.1, 0.15) is 24.0 Å². The number of hydrogen-bond donors (Lipinski definition) is 1. The Labute approximate surface area is 91.8 Å². The third-order valence-corrected chi connectivity index (χ3v) is 4.22. The van der Waals surface area contributed by atoms with Gasteiger partial charge in [-0.3, -0.25) is 0 Å². The molecule has 1 aliphatic carbocycles.